The Kier molecular flexibility index (Phi) is 6.35. The van der Waals surface area contributed by atoms with Gasteiger partial charge in [-0.25, -0.2) is 4.39 Å². The van der Waals surface area contributed by atoms with E-state index >= 15 is 0 Å². The van der Waals surface area contributed by atoms with Gasteiger partial charge in [-0.3, -0.25) is 9.36 Å². The number of rotatable bonds is 7. The van der Waals surface area contributed by atoms with E-state index in [0.717, 1.165) is 56.0 Å². The van der Waals surface area contributed by atoms with Gasteiger partial charge in [-0.1, -0.05) is 41.6 Å². The molecule has 5 rings (SSSR count). The molecule has 0 radical (unpaired) electrons. The van der Waals surface area contributed by atoms with Gasteiger partial charge in [0.1, 0.15) is 11.1 Å². The monoisotopic (exact) mass is 465 g/mol. The molecule has 1 atom stereocenters. The van der Waals surface area contributed by atoms with Crippen LogP contribution in [0.4, 0.5) is 10.3 Å². The third-order valence-electron chi connectivity index (χ3n) is 6.11. The van der Waals surface area contributed by atoms with Gasteiger partial charge in [0.25, 0.3) is 0 Å². The second kappa shape index (κ2) is 9.55. The zero-order chi connectivity index (χ0) is 22.8. The number of nitrogens with one attached hydrogen (secondary N) is 1. The molecule has 33 heavy (non-hydrogen) atoms. The lowest BCUT2D eigenvalue weighted by Gasteiger charge is -2.28. The Balaban J connectivity index is 1.52. The Morgan fingerprint density at radius 2 is 1.73 bits per heavy atom. The van der Waals surface area contributed by atoms with Gasteiger partial charge in [-0.2, -0.15) is 0 Å². The minimum atomic E-state index is -0.547. The van der Waals surface area contributed by atoms with Gasteiger partial charge in [0.15, 0.2) is 5.16 Å². The van der Waals surface area contributed by atoms with Crippen molar-refractivity contribution in [2.75, 3.05) is 18.0 Å². The summed E-state index contributed by atoms with van der Waals surface area (Å²) in [6.45, 7) is 3.94. The summed E-state index contributed by atoms with van der Waals surface area (Å²) in [5.74, 6) is 0.411. The molecule has 1 aromatic heterocycles. The number of nitrogens with zero attached hydrogens (tertiary/aromatic N) is 4. The van der Waals surface area contributed by atoms with Crippen LogP contribution in [0, 0.1) is 12.7 Å². The van der Waals surface area contributed by atoms with Crippen molar-refractivity contribution in [2.24, 2.45) is 0 Å². The first-order valence-corrected chi connectivity index (χ1v) is 12.5. The number of piperidine rings is 1. The van der Waals surface area contributed by atoms with Gasteiger partial charge in [-0.15, -0.1) is 10.2 Å². The smallest absolute Gasteiger partial charge is 0.238 e. The van der Waals surface area contributed by atoms with Crippen LogP contribution in [0.15, 0.2) is 53.7 Å². The summed E-state index contributed by atoms with van der Waals surface area (Å²) >= 11 is 1.36. The van der Waals surface area contributed by atoms with E-state index in [1.54, 1.807) is 12.1 Å². The van der Waals surface area contributed by atoms with Gasteiger partial charge >= 0.3 is 0 Å². The quantitative estimate of drug-likeness (QED) is 0.507. The van der Waals surface area contributed by atoms with E-state index in [0.29, 0.717) is 5.16 Å². The van der Waals surface area contributed by atoms with Crippen molar-refractivity contribution in [2.45, 2.75) is 55.5 Å². The number of carbonyl (C=O) groups is 1. The Labute approximate surface area is 197 Å². The zero-order valence-corrected chi connectivity index (χ0v) is 19.5. The number of halogens is 1. The van der Waals surface area contributed by atoms with E-state index in [1.165, 1.54) is 35.9 Å². The molecule has 1 saturated heterocycles. The summed E-state index contributed by atoms with van der Waals surface area (Å²) < 4.78 is 15.6. The van der Waals surface area contributed by atoms with Crippen molar-refractivity contribution in [1.29, 1.82) is 0 Å². The summed E-state index contributed by atoms with van der Waals surface area (Å²) in [6, 6.07) is 14.7. The van der Waals surface area contributed by atoms with Crippen LogP contribution in [-0.2, 0) is 4.79 Å². The molecule has 3 aromatic rings. The molecule has 2 heterocycles. The number of hydrogen-bond donors (Lipinski definition) is 1. The van der Waals surface area contributed by atoms with Crippen LogP contribution in [0.25, 0.3) is 5.69 Å². The molecular weight excluding hydrogens is 437 g/mol. The van der Waals surface area contributed by atoms with Crippen LogP contribution >= 0.6 is 11.8 Å². The van der Waals surface area contributed by atoms with Gasteiger partial charge in [-0.05, 0) is 68.9 Å². The predicted octanol–water partition coefficient (Wildman–Crippen LogP) is 4.82. The molecule has 1 amide bonds. The molecule has 6 nitrogen and oxygen atoms in total. The first-order chi connectivity index (χ1) is 16.1. The summed E-state index contributed by atoms with van der Waals surface area (Å²) in [5, 5.41) is 12.3. The second-order valence-corrected chi connectivity index (χ2v) is 9.91. The first kappa shape index (κ1) is 21.9. The van der Waals surface area contributed by atoms with Crippen LogP contribution < -0.4 is 10.2 Å². The Morgan fingerprint density at radius 3 is 2.39 bits per heavy atom. The number of thioether (sulfide) groups is 1. The second-order valence-electron chi connectivity index (χ2n) is 8.83. The van der Waals surface area contributed by atoms with Crippen LogP contribution in [0.2, 0.25) is 0 Å². The number of hydrogen-bond acceptors (Lipinski definition) is 5. The number of anilines is 1. The summed E-state index contributed by atoms with van der Waals surface area (Å²) in [4.78, 5) is 15.5. The van der Waals surface area contributed by atoms with Crippen LogP contribution in [0.1, 0.15) is 48.5 Å². The van der Waals surface area contributed by atoms with E-state index in [-0.39, 0.29) is 17.8 Å². The van der Waals surface area contributed by atoms with Crippen molar-refractivity contribution in [1.82, 2.24) is 20.1 Å². The van der Waals surface area contributed by atoms with Crippen LogP contribution in [-0.4, -0.2) is 39.8 Å². The summed E-state index contributed by atoms with van der Waals surface area (Å²) in [7, 11) is 0. The maximum absolute atomic E-state index is 13.6. The Bertz CT molecular complexity index is 1100. The highest BCUT2D eigenvalue weighted by molar-refractivity contribution is 8.00. The van der Waals surface area contributed by atoms with Gasteiger partial charge in [0.2, 0.25) is 11.9 Å². The maximum atomic E-state index is 13.6. The van der Waals surface area contributed by atoms with E-state index in [4.69, 9.17) is 0 Å². The summed E-state index contributed by atoms with van der Waals surface area (Å²) in [5.41, 5.74) is 2.89. The molecular formula is C25H28FN5OS. The molecule has 2 aliphatic rings. The van der Waals surface area contributed by atoms with Crippen molar-refractivity contribution in [3.8, 4) is 5.69 Å². The highest BCUT2D eigenvalue weighted by Crippen LogP contribution is 2.38. The molecule has 1 aliphatic heterocycles. The Morgan fingerprint density at radius 1 is 1.03 bits per heavy atom. The molecule has 0 bridgehead atoms. The lowest BCUT2D eigenvalue weighted by Crippen LogP contribution is -2.32. The minimum absolute atomic E-state index is 0.0768. The topological polar surface area (TPSA) is 63.1 Å². The van der Waals surface area contributed by atoms with Gasteiger partial charge < -0.3 is 10.2 Å². The molecule has 2 fully saturated rings. The van der Waals surface area contributed by atoms with Gasteiger partial charge in [0, 0.05) is 19.1 Å². The van der Waals surface area contributed by atoms with E-state index < -0.39 is 5.25 Å². The standard InChI is InChI=1S/C25H28FN5OS/c1-17-5-13-21(14-6-17)31-24(30-15-3-2-4-16-30)28-29-25(31)33-22(23(32)27-20-11-12-20)18-7-9-19(26)10-8-18/h5-10,13-14,20,22H,2-4,11-12,15-16H2,1H3,(H,27,32). The lowest BCUT2D eigenvalue weighted by atomic mass is 10.1. The molecule has 1 saturated carbocycles. The number of benzene rings is 2. The third-order valence-corrected chi connectivity index (χ3v) is 7.30. The minimum Gasteiger partial charge on any atom is -0.352 e. The van der Waals surface area contributed by atoms with Crippen molar-refractivity contribution < 1.29 is 9.18 Å². The first-order valence-electron chi connectivity index (χ1n) is 11.6. The molecule has 1 aliphatic carbocycles. The van der Waals surface area contributed by atoms with Crippen molar-refractivity contribution in [3.05, 3.63) is 65.5 Å². The highest BCUT2D eigenvalue weighted by Gasteiger charge is 2.31. The molecule has 172 valence electrons. The fourth-order valence-electron chi connectivity index (χ4n) is 4.08. The average molecular weight is 466 g/mol. The van der Waals surface area contributed by atoms with E-state index in [1.807, 2.05) is 0 Å². The number of amides is 1. The Hall–Kier alpha value is -2.87. The average Bonchev–Trinajstić information content (AvgIpc) is 3.55. The number of aryl methyl sites for hydroxylation is 1. The van der Waals surface area contributed by atoms with Gasteiger partial charge in [0.05, 0.1) is 5.69 Å². The molecule has 8 heteroatoms. The fourth-order valence-corrected chi connectivity index (χ4v) is 5.14. The van der Waals surface area contributed by atoms with Crippen molar-refractivity contribution >= 4 is 23.6 Å². The van der Waals surface area contributed by atoms with E-state index in [9.17, 15) is 9.18 Å². The molecule has 1 unspecified atom stereocenters. The molecule has 1 N–H and O–H groups in total. The molecule has 2 aromatic carbocycles. The van der Waals surface area contributed by atoms with E-state index in [2.05, 4.69) is 56.2 Å². The van der Waals surface area contributed by atoms with Crippen LogP contribution in [0.5, 0.6) is 0 Å². The fraction of sp³-hybridized carbons (Fsp3) is 0.400. The SMILES string of the molecule is Cc1ccc(-n2c(SC(C(=O)NC3CC3)c3ccc(F)cc3)nnc2N2CCCCC2)cc1. The lowest BCUT2D eigenvalue weighted by molar-refractivity contribution is -0.120. The third kappa shape index (κ3) is 5.05. The summed E-state index contributed by atoms with van der Waals surface area (Å²) in [6.07, 6.45) is 5.50. The number of aromatic nitrogens is 3. The molecule has 0 spiro atoms. The highest BCUT2D eigenvalue weighted by atomic mass is 32.2. The maximum Gasteiger partial charge on any atom is 0.238 e. The zero-order valence-electron chi connectivity index (χ0n) is 18.7. The normalized spacial score (nSPS) is 17.1. The van der Waals surface area contributed by atoms with Crippen molar-refractivity contribution in [3.63, 3.8) is 0 Å². The predicted molar refractivity (Wildman–Crippen MR) is 128 cm³/mol. The number of carbonyl (C=O) groups excluding carboxylic acids is 1. The van der Waals surface area contributed by atoms with Crippen LogP contribution in [0.3, 0.4) is 0 Å². The largest absolute Gasteiger partial charge is 0.352 e.